The summed E-state index contributed by atoms with van der Waals surface area (Å²) in [6, 6.07) is 14.0. The second-order valence-corrected chi connectivity index (χ2v) is 8.29. The molecule has 1 fully saturated rings. The summed E-state index contributed by atoms with van der Waals surface area (Å²) in [5.74, 6) is 1.51. The standard InChI is InChI=1S/C25H32N2O4/c1-17(2)20-8-5-19(6-9-20)15-26-25(29)21-14-24(28)27(16-21)12-11-18-7-10-22(30-3)23(13-18)31-4/h5-10,13,17,21H,11-12,14-16H2,1-4H3,(H,26,29)/t21-/m0/s1. The Kier molecular flexibility index (Phi) is 7.55. The Morgan fingerprint density at radius 3 is 2.39 bits per heavy atom. The zero-order chi connectivity index (χ0) is 22.4. The van der Waals surface area contributed by atoms with Crippen LogP contribution in [0.4, 0.5) is 0 Å². The van der Waals surface area contributed by atoms with Crippen molar-refractivity contribution in [2.24, 2.45) is 5.92 Å². The minimum absolute atomic E-state index is 0.0295. The summed E-state index contributed by atoms with van der Waals surface area (Å²) in [4.78, 5) is 26.8. The predicted octanol–water partition coefficient (Wildman–Crippen LogP) is 3.53. The maximum Gasteiger partial charge on any atom is 0.225 e. The number of carbonyl (C=O) groups excluding carboxylic acids is 2. The average Bonchev–Trinajstić information content (AvgIpc) is 3.16. The SMILES string of the molecule is COc1ccc(CCN2C[C@@H](C(=O)NCc3ccc(C(C)C)cc3)CC2=O)cc1OC. The minimum atomic E-state index is -0.298. The molecule has 0 aliphatic carbocycles. The van der Waals surface area contributed by atoms with Gasteiger partial charge in [-0.1, -0.05) is 44.2 Å². The lowest BCUT2D eigenvalue weighted by Crippen LogP contribution is -2.33. The van der Waals surface area contributed by atoms with Gasteiger partial charge in [0.1, 0.15) is 0 Å². The summed E-state index contributed by atoms with van der Waals surface area (Å²) < 4.78 is 10.6. The highest BCUT2D eigenvalue weighted by molar-refractivity contribution is 5.89. The van der Waals surface area contributed by atoms with Crippen molar-refractivity contribution in [2.45, 2.75) is 39.2 Å². The number of likely N-dealkylation sites (tertiary alicyclic amines) is 1. The molecule has 0 aromatic heterocycles. The predicted molar refractivity (Wildman–Crippen MR) is 120 cm³/mol. The molecule has 0 bridgehead atoms. The lowest BCUT2D eigenvalue weighted by molar-refractivity contribution is -0.129. The summed E-state index contributed by atoms with van der Waals surface area (Å²) in [6.45, 7) is 5.84. The van der Waals surface area contributed by atoms with Gasteiger partial charge in [0.2, 0.25) is 11.8 Å². The van der Waals surface area contributed by atoms with Crippen LogP contribution < -0.4 is 14.8 Å². The monoisotopic (exact) mass is 424 g/mol. The van der Waals surface area contributed by atoms with Gasteiger partial charge >= 0.3 is 0 Å². The number of nitrogens with one attached hydrogen (secondary N) is 1. The van der Waals surface area contributed by atoms with Gasteiger partial charge in [-0.25, -0.2) is 0 Å². The topological polar surface area (TPSA) is 67.9 Å². The molecule has 3 rings (SSSR count). The number of ether oxygens (including phenoxy) is 2. The Morgan fingerprint density at radius 1 is 1.06 bits per heavy atom. The first-order valence-electron chi connectivity index (χ1n) is 10.8. The molecule has 1 saturated heterocycles. The van der Waals surface area contributed by atoms with E-state index in [1.807, 2.05) is 30.3 Å². The average molecular weight is 425 g/mol. The van der Waals surface area contributed by atoms with Gasteiger partial charge in [-0.05, 0) is 41.2 Å². The molecule has 2 aromatic carbocycles. The second-order valence-electron chi connectivity index (χ2n) is 8.29. The highest BCUT2D eigenvalue weighted by Crippen LogP contribution is 2.28. The first kappa shape index (κ1) is 22.7. The van der Waals surface area contributed by atoms with E-state index >= 15 is 0 Å². The number of carbonyl (C=O) groups is 2. The normalized spacial score (nSPS) is 16.0. The van der Waals surface area contributed by atoms with Gasteiger partial charge in [-0.2, -0.15) is 0 Å². The number of benzene rings is 2. The van der Waals surface area contributed by atoms with Crippen LogP contribution >= 0.6 is 0 Å². The molecule has 0 saturated carbocycles. The van der Waals surface area contributed by atoms with Crippen molar-refractivity contribution in [1.82, 2.24) is 10.2 Å². The number of methoxy groups -OCH3 is 2. The number of amides is 2. The summed E-state index contributed by atoms with van der Waals surface area (Å²) in [7, 11) is 3.21. The Morgan fingerprint density at radius 2 is 1.74 bits per heavy atom. The summed E-state index contributed by atoms with van der Waals surface area (Å²) in [5, 5.41) is 2.98. The van der Waals surface area contributed by atoms with Gasteiger partial charge < -0.3 is 19.7 Å². The fourth-order valence-electron chi connectivity index (χ4n) is 3.82. The summed E-state index contributed by atoms with van der Waals surface area (Å²) in [6.07, 6.45) is 0.965. The Balaban J connectivity index is 1.49. The van der Waals surface area contributed by atoms with Gasteiger partial charge in [0.25, 0.3) is 0 Å². The Bertz CT molecular complexity index is 908. The smallest absolute Gasteiger partial charge is 0.225 e. The molecule has 1 heterocycles. The van der Waals surface area contributed by atoms with Crippen molar-refractivity contribution in [3.05, 3.63) is 59.2 Å². The fraction of sp³-hybridized carbons (Fsp3) is 0.440. The molecule has 0 unspecified atom stereocenters. The second kappa shape index (κ2) is 10.3. The van der Waals surface area contributed by atoms with Crippen molar-refractivity contribution >= 4 is 11.8 Å². The van der Waals surface area contributed by atoms with E-state index in [1.165, 1.54) is 5.56 Å². The van der Waals surface area contributed by atoms with E-state index in [2.05, 4.69) is 31.3 Å². The van der Waals surface area contributed by atoms with E-state index < -0.39 is 0 Å². The van der Waals surface area contributed by atoms with Crippen molar-refractivity contribution in [1.29, 1.82) is 0 Å². The molecule has 0 radical (unpaired) electrons. The van der Waals surface area contributed by atoms with E-state index in [1.54, 1.807) is 19.1 Å². The van der Waals surface area contributed by atoms with Crippen LogP contribution in [0.1, 0.15) is 42.9 Å². The molecule has 166 valence electrons. The number of hydrogen-bond acceptors (Lipinski definition) is 4. The molecular weight excluding hydrogens is 392 g/mol. The molecule has 1 aliphatic rings. The summed E-state index contributed by atoms with van der Waals surface area (Å²) in [5.41, 5.74) is 3.40. The first-order valence-corrected chi connectivity index (χ1v) is 10.8. The van der Waals surface area contributed by atoms with Crippen LogP contribution in [0.15, 0.2) is 42.5 Å². The first-order chi connectivity index (χ1) is 14.9. The van der Waals surface area contributed by atoms with E-state index in [0.29, 0.717) is 43.5 Å². The maximum absolute atomic E-state index is 12.6. The number of hydrogen-bond donors (Lipinski definition) is 1. The van der Waals surface area contributed by atoms with Crippen LogP contribution in [0, 0.1) is 5.92 Å². The van der Waals surface area contributed by atoms with E-state index in [4.69, 9.17) is 9.47 Å². The highest BCUT2D eigenvalue weighted by atomic mass is 16.5. The lowest BCUT2D eigenvalue weighted by atomic mass is 10.0. The van der Waals surface area contributed by atoms with Gasteiger partial charge in [0.05, 0.1) is 20.1 Å². The van der Waals surface area contributed by atoms with Crippen LogP contribution in [0.25, 0.3) is 0 Å². The Hall–Kier alpha value is -3.02. The van der Waals surface area contributed by atoms with Crippen molar-refractivity contribution < 1.29 is 19.1 Å². The van der Waals surface area contributed by atoms with E-state index in [-0.39, 0.29) is 24.2 Å². The quantitative estimate of drug-likeness (QED) is 0.669. The molecule has 6 heteroatoms. The molecule has 6 nitrogen and oxygen atoms in total. The van der Waals surface area contributed by atoms with Crippen LogP contribution in [0.2, 0.25) is 0 Å². The van der Waals surface area contributed by atoms with Crippen LogP contribution in [0.3, 0.4) is 0 Å². The van der Waals surface area contributed by atoms with Crippen molar-refractivity contribution in [3.8, 4) is 11.5 Å². The van der Waals surface area contributed by atoms with Crippen LogP contribution in [-0.2, 0) is 22.6 Å². The lowest BCUT2D eigenvalue weighted by Gasteiger charge is -2.17. The van der Waals surface area contributed by atoms with Crippen molar-refractivity contribution in [3.63, 3.8) is 0 Å². The third-order valence-electron chi connectivity index (χ3n) is 5.82. The Labute approximate surface area is 184 Å². The molecule has 2 aromatic rings. The fourth-order valence-corrected chi connectivity index (χ4v) is 3.82. The minimum Gasteiger partial charge on any atom is -0.493 e. The van der Waals surface area contributed by atoms with Crippen molar-refractivity contribution in [2.75, 3.05) is 27.3 Å². The molecule has 1 N–H and O–H groups in total. The molecule has 0 spiro atoms. The van der Waals surface area contributed by atoms with Crippen LogP contribution in [0.5, 0.6) is 11.5 Å². The van der Waals surface area contributed by atoms with Gasteiger partial charge in [0.15, 0.2) is 11.5 Å². The van der Waals surface area contributed by atoms with E-state index in [0.717, 1.165) is 11.1 Å². The third kappa shape index (κ3) is 5.78. The molecule has 1 atom stereocenters. The maximum atomic E-state index is 12.6. The third-order valence-corrected chi connectivity index (χ3v) is 5.82. The summed E-state index contributed by atoms with van der Waals surface area (Å²) >= 11 is 0. The number of rotatable bonds is 9. The largest absolute Gasteiger partial charge is 0.493 e. The van der Waals surface area contributed by atoms with Gasteiger partial charge in [-0.3, -0.25) is 9.59 Å². The van der Waals surface area contributed by atoms with Gasteiger partial charge in [0, 0.05) is 26.1 Å². The van der Waals surface area contributed by atoms with Crippen LogP contribution in [-0.4, -0.2) is 44.0 Å². The zero-order valence-corrected chi connectivity index (χ0v) is 18.8. The molecule has 1 aliphatic heterocycles. The highest BCUT2D eigenvalue weighted by Gasteiger charge is 2.33. The number of nitrogens with zero attached hydrogens (tertiary/aromatic N) is 1. The zero-order valence-electron chi connectivity index (χ0n) is 18.8. The van der Waals surface area contributed by atoms with Gasteiger partial charge in [-0.15, -0.1) is 0 Å². The molecule has 2 amide bonds. The van der Waals surface area contributed by atoms with E-state index in [9.17, 15) is 9.59 Å². The molecule has 31 heavy (non-hydrogen) atoms. The molecular formula is C25H32N2O4.